The van der Waals surface area contributed by atoms with Crippen LogP contribution in [-0.4, -0.2) is 34.1 Å². The van der Waals surface area contributed by atoms with E-state index in [1.54, 1.807) is 24.5 Å². The first-order valence-electron chi connectivity index (χ1n) is 8.50. The molecule has 0 bridgehead atoms. The van der Waals surface area contributed by atoms with Crippen molar-refractivity contribution in [2.45, 2.75) is 30.6 Å². The number of anilines is 3. The Morgan fingerprint density at radius 2 is 2.14 bits per heavy atom. The van der Waals surface area contributed by atoms with Crippen LogP contribution in [0.25, 0.3) is 0 Å². The van der Waals surface area contributed by atoms with E-state index in [0.717, 1.165) is 0 Å². The quantitative estimate of drug-likeness (QED) is 0.355. The fourth-order valence-corrected chi connectivity index (χ4v) is 3.02. The topological polar surface area (TPSA) is 160 Å². The minimum absolute atomic E-state index is 0.0490. The summed E-state index contributed by atoms with van der Waals surface area (Å²) in [6, 6.07) is 7.34. The smallest absolute Gasteiger partial charge is 0.246 e. The van der Waals surface area contributed by atoms with Crippen LogP contribution in [0.5, 0.6) is 0 Å². The number of carbonyl (C=O) groups excluding carboxylic acids is 2. The summed E-state index contributed by atoms with van der Waals surface area (Å²) in [5, 5.41) is 15.3. The molecule has 11 heteroatoms. The highest BCUT2D eigenvalue weighted by molar-refractivity contribution is 7.98. The Labute approximate surface area is 171 Å². The van der Waals surface area contributed by atoms with Crippen LogP contribution in [0, 0.1) is 11.3 Å². The zero-order valence-electron chi connectivity index (χ0n) is 15.6. The Bertz CT molecular complexity index is 948. The van der Waals surface area contributed by atoms with Crippen LogP contribution >= 0.6 is 11.8 Å². The third-order valence-electron chi connectivity index (χ3n) is 3.85. The number of nitriles is 1. The van der Waals surface area contributed by atoms with Gasteiger partial charge < -0.3 is 22.1 Å². The van der Waals surface area contributed by atoms with Gasteiger partial charge in [-0.2, -0.15) is 10.2 Å². The van der Waals surface area contributed by atoms with Gasteiger partial charge in [0.1, 0.15) is 29.4 Å². The van der Waals surface area contributed by atoms with E-state index in [9.17, 15) is 19.2 Å². The molecule has 0 spiro atoms. The number of alkyl halides is 1. The maximum atomic E-state index is 12.9. The summed E-state index contributed by atoms with van der Waals surface area (Å²) in [5.41, 5.74) is 11.8. The van der Waals surface area contributed by atoms with Gasteiger partial charge in [-0.3, -0.25) is 9.59 Å². The average Bonchev–Trinajstić information content (AvgIpc) is 2.70. The van der Waals surface area contributed by atoms with Gasteiger partial charge in [0.05, 0.1) is 0 Å². The summed E-state index contributed by atoms with van der Waals surface area (Å²) in [5.74, 6) is -1.09. The fraction of sp³-hybridized carbons (Fsp3) is 0.278. The zero-order chi connectivity index (χ0) is 21.4. The van der Waals surface area contributed by atoms with Crippen molar-refractivity contribution in [2.24, 2.45) is 5.73 Å². The van der Waals surface area contributed by atoms with E-state index in [2.05, 4.69) is 20.6 Å². The van der Waals surface area contributed by atoms with Crippen LogP contribution in [0.3, 0.4) is 0 Å². The first kappa shape index (κ1) is 21.9. The molecular formula is C18H20FN7O2S. The van der Waals surface area contributed by atoms with E-state index < -0.39 is 24.5 Å². The molecule has 2 rings (SSSR count). The van der Waals surface area contributed by atoms with Crippen LogP contribution in [-0.2, 0) is 16.3 Å². The predicted molar refractivity (Wildman–Crippen MR) is 109 cm³/mol. The monoisotopic (exact) mass is 417 g/mol. The number of aromatic nitrogens is 2. The lowest BCUT2D eigenvalue weighted by atomic mass is 10.1. The molecule has 0 saturated carbocycles. The number of nitrogens with two attached hydrogens (primary N) is 2. The molecule has 0 unspecified atom stereocenters. The molecule has 2 amide bonds. The molecule has 152 valence electrons. The van der Waals surface area contributed by atoms with Crippen LogP contribution in [0.4, 0.5) is 21.8 Å². The van der Waals surface area contributed by atoms with Gasteiger partial charge in [-0.05, 0) is 30.4 Å². The van der Waals surface area contributed by atoms with Gasteiger partial charge in [0.2, 0.25) is 17.8 Å². The van der Waals surface area contributed by atoms with Crippen molar-refractivity contribution >= 4 is 41.0 Å². The molecule has 0 aliphatic rings. The molecule has 0 fully saturated rings. The number of primary amides is 1. The Kier molecular flexibility index (Phi) is 7.73. The summed E-state index contributed by atoms with van der Waals surface area (Å²) in [4.78, 5) is 32.0. The van der Waals surface area contributed by atoms with Crippen LogP contribution in [0.2, 0.25) is 0 Å². The average molecular weight is 417 g/mol. The molecule has 1 atom stereocenters. The third-order valence-corrected chi connectivity index (χ3v) is 4.54. The van der Waals surface area contributed by atoms with Gasteiger partial charge in [-0.1, -0.05) is 12.1 Å². The number of carbonyl (C=O) groups is 2. The van der Waals surface area contributed by atoms with E-state index in [1.165, 1.54) is 17.8 Å². The van der Waals surface area contributed by atoms with E-state index in [-0.39, 0.29) is 30.2 Å². The van der Waals surface area contributed by atoms with Crippen molar-refractivity contribution < 1.29 is 14.0 Å². The lowest BCUT2D eigenvalue weighted by molar-refractivity contribution is -0.119. The second kappa shape index (κ2) is 10.2. The summed E-state index contributed by atoms with van der Waals surface area (Å²) < 4.78 is 12.9. The Morgan fingerprint density at radius 1 is 1.38 bits per heavy atom. The Balaban J connectivity index is 2.30. The maximum Gasteiger partial charge on any atom is 0.246 e. The second-order valence-electron chi connectivity index (χ2n) is 5.95. The van der Waals surface area contributed by atoms with E-state index in [1.807, 2.05) is 6.07 Å². The molecule has 1 aromatic carbocycles. The maximum absolute atomic E-state index is 12.9. The lowest BCUT2D eigenvalue weighted by Crippen LogP contribution is -2.36. The predicted octanol–water partition coefficient (Wildman–Crippen LogP) is 1.81. The van der Waals surface area contributed by atoms with Gasteiger partial charge in [0.25, 0.3) is 0 Å². The van der Waals surface area contributed by atoms with Crippen molar-refractivity contribution in [3.05, 3.63) is 35.4 Å². The minimum atomic E-state index is -0.951. The Morgan fingerprint density at radius 3 is 2.76 bits per heavy atom. The number of hydrogen-bond donors (Lipinski definition) is 4. The lowest BCUT2D eigenvalue weighted by Gasteiger charge is -2.20. The first-order valence-corrected chi connectivity index (χ1v) is 9.72. The number of thioether (sulfide) groups is 1. The third kappa shape index (κ3) is 6.05. The highest BCUT2D eigenvalue weighted by Crippen LogP contribution is 2.25. The van der Waals surface area contributed by atoms with Crippen LogP contribution in [0.1, 0.15) is 24.0 Å². The highest BCUT2D eigenvalue weighted by Gasteiger charge is 2.23. The molecule has 0 aliphatic heterocycles. The number of halogens is 1. The van der Waals surface area contributed by atoms with Crippen molar-refractivity contribution in [3.63, 3.8) is 0 Å². The minimum Gasteiger partial charge on any atom is -0.370 e. The molecule has 0 saturated heterocycles. The van der Waals surface area contributed by atoms with E-state index >= 15 is 0 Å². The van der Waals surface area contributed by atoms with Crippen molar-refractivity contribution in [1.29, 1.82) is 5.26 Å². The highest BCUT2D eigenvalue weighted by atomic mass is 32.2. The van der Waals surface area contributed by atoms with Crippen LogP contribution in [0.15, 0.2) is 29.3 Å². The summed E-state index contributed by atoms with van der Waals surface area (Å²) in [7, 11) is 0. The number of amides is 2. The van der Waals surface area contributed by atoms with E-state index in [4.69, 9.17) is 11.5 Å². The number of hydrogen-bond acceptors (Lipinski definition) is 8. The molecule has 0 aliphatic carbocycles. The van der Waals surface area contributed by atoms with Gasteiger partial charge in [0.15, 0.2) is 5.82 Å². The molecule has 1 heterocycles. The van der Waals surface area contributed by atoms with Crippen LogP contribution < -0.4 is 22.1 Å². The van der Waals surface area contributed by atoms with Gasteiger partial charge in [-0.25, -0.2) is 9.37 Å². The molecule has 6 N–H and O–H groups in total. The molecular weight excluding hydrogens is 397 g/mol. The fourth-order valence-electron chi connectivity index (χ4n) is 2.49. The molecule has 29 heavy (non-hydrogen) atoms. The number of nitrogens with zero attached hydrogens (tertiary/aromatic N) is 3. The van der Waals surface area contributed by atoms with Crippen molar-refractivity contribution in [3.8, 4) is 6.07 Å². The van der Waals surface area contributed by atoms with Gasteiger partial charge in [0, 0.05) is 12.1 Å². The summed E-state index contributed by atoms with van der Waals surface area (Å²) in [6.07, 6.45) is 1.70. The van der Waals surface area contributed by atoms with E-state index in [0.29, 0.717) is 16.3 Å². The van der Waals surface area contributed by atoms with Crippen molar-refractivity contribution in [1.82, 2.24) is 9.97 Å². The molecule has 0 radical (unpaired) electrons. The van der Waals surface area contributed by atoms with Gasteiger partial charge >= 0.3 is 0 Å². The van der Waals surface area contributed by atoms with Gasteiger partial charge in [-0.15, -0.1) is 11.8 Å². The zero-order valence-corrected chi connectivity index (χ0v) is 16.4. The Hall–Kier alpha value is -3.39. The second-order valence-corrected chi connectivity index (χ2v) is 6.75. The molecule has 9 nitrogen and oxygen atoms in total. The first-order chi connectivity index (χ1) is 13.9. The molecule has 1 aromatic heterocycles. The summed E-state index contributed by atoms with van der Waals surface area (Å²) >= 11 is 1.20. The van der Waals surface area contributed by atoms with Crippen molar-refractivity contribution in [2.75, 3.05) is 22.6 Å². The number of nitrogen functional groups attached to an aromatic ring is 1. The summed E-state index contributed by atoms with van der Waals surface area (Å²) in [6.45, 7) is -0.670. The number of nitrogens with one attached hydrogen (secondary N) is 2. The number of benzene rings is 1. The SMILES string of the molecule is CSc1nc(N)nc(N[C@@H](CCC(N)=O)C(=O)Nc2cccc(CF)c2)c1C#N. The molecule has 2 aromatic rings. The normalized spacial score (nSPS) is 11.3. The number of rotatable bonds is 9. The standard InChI is InChI=1S/C18H20FN7O2S/c1-29-17-12(9-20)15(25-18(22)26-17)24-13(5-6-14(21)27)16(28)23-11-4-2-3-10(7-11)8-19/h2-4,7,13H,5-6,8H2,1H3,(H2,21,27)(H,23,28)(H3,22,24,25,26)/t13-/m0/s1. The largest absolute Gasteiger partial charge is 0.370 e.